The fourth-order valence-electron chi connectivity index (χ4n) is 2.76. The number of aromatic nitrogens is 2. The molecule has 106 valence electrons. The lowest BCUT2D eigenvalue weighted by atomic mass is 10.1. The number of nitrogens with zero attached hydrogens (tertiary/aromatic N) is 3. The van der Waals surface area contributed by atoms with Crippen molar-refractivity contribution in [2.45, 2.75) is 51.5 Å². The van der Waals surface area contributed by atoms with Gasteiger partial charge in [0.15, 0.2) is 0 Å². The molecule has 1 fully saturated rings. The summed E-state index contributed by atoms with van der Waals surface area (Å²) in [7, 11) is 0. The second-order valence-electron chi connectivity index (χ2n) is 5.58. The average molecular weight is 302 g/mol. The van der Waals surface area contributed by atoms with Crippen molar-refractivity contribution in [2.24, 2.45) is 5.92 Å². The monoisotopic (exact) mass is 301 g/mol. The van der Waals surface area contributed by atoms with E-state index in [1.54, 1.807) is 0 Å². The molecule has 1 heterocycles. The van der Waals surface area contributed by atoms with Crippen LogP contribution in [-0.2, 0) is 5.88 Å². The summed E-state index contributed by atoms with van der Waals surface area (Å²) >= 11 is 12.2. The van der Waals surface area contributed by atoms with Gasteiger partial charge >= 0.3 is 0 Å². The predicted molar refractivity (Wildman–Crippen MR) is 81.0 cm³/mol. The lowest BCUT2D eigenvalue weighted by Gasteiger charge is -2.33. The average Bonchev–Trinajstić information content (AvgIpc) is 2.89. The van der Waals surface area contributed by atoms with Crippen LogP contribution in [0.2, 0.25) is 5.15 Å². The zero-order valence-corrected chi connectivity index (χ0v) is 13.1. The fraction of sp³-hybridized carbons (Fsp3) is 0.714. The molecule has 0 radical (unpaired) electrons. The molecule has 0 N–H and O–H groups in total. The lowest BCUT2D eigenvalue weighted by Crippen LogP contribution is -2.37. The molecule has 19 heavy (non-hydrogen) atoms. The van der Waals surface area contributed by atoms with Crippen LogP contribution in [0.3, 0.4) is 0 Å². The van der Waals surface area contributed by atoms with Gasteiger partial charge in [-0.25, -0.2) is 9.97 Å². The minimum absolute atomic E-state index is 0.357. The minimum Gasteiger partial charge on any atom is -0.353 e. The Morgan fingerprint density at radius 3 is 2.58 bits per heavy atom. The molecule has 0 atom stereocenters. The summed E-state index contributed by atoms with van der Waals surface area (Å²) in [6, 6.07) is 0.565. The molecule has 0 amide bonds. The van der Waals surface area contributed by atoms with E-state index in [0.717, 1.165) is 17.9 Å². The molecule has 1 aromatic rings. The Kier molecular flexibility index (Phi) is 5.28. The standard InChI is InChI=1S/C14H21Cl2N3/c1-10(2)8-19(11-5-3-4-6-11)14-12(7-15)13(16)17-9-18-14/h9-11H,3-8H2,1-2H3. The summed E-state index contributed by atoms with van der Waals surface area (Å²) in [5, 5.41) is 0.478. The van der Waals surface area contributed by atoms with Crippen LogP contribution in [0.15, 0.2) is 6.33 Å². The van der Waals surface area contributed by atoms with Crippen LogP contribution in [0.25, 0.3) is 0 Å². The van der Waals surface area contributed by atoms with Gasteiger partial charge in [-0.15, -0.1) is 11.6 Å². The first-order valence-corrected chi connectivity index (χ1v) is 7.86. The van der Waals surface area contributed by atoms with Gasteiger partial charge in [-0.3, -0.25) is 0 Å². The van der Waals surface area contributed by atoms with E-state index in [2.05, 4.69) is 28.7 Å². The zero-order valence-electron chi connectivity index (χ0n) is 11.6. The zero-order chi connectivity index (χ0) is 13.8. The van der Waals surface area contributed by atoms with E-state index in [4.69, 9.17) is 23.2 Å². The Balaban J connectivity index is 2.33. The first-order chi connectivity index (χ1) is 9.13. The number of alkyl halides is 1. The number of hydrogen-bond acceptors (Lipinski definition) is 3. The third-order valence-electron chi connectivity index (χ3n) is 3.60. The third-order valence-corrected chi connectivity index (χ3v) is 4.20. The number of anilines is 1. The highest BCUT2D eigenvalue weighted by atomic mass is 35.5. The van der Waals surface area contributed by atoms with Crippen LogP contribution in [0.4, 0.5) is 5.82 Å². The van der Waals surface area contributed by atoms with Crippen LogP contribution >= 0.6 is 23.2 Å². The van der Waals surface area contributed by atoms with E-state index in [0.29, 0.717) is 23.0 Å². The number of hydrogen-bond donors (Lipinski definition) is 0. The van der Waals surface area contributed by atoms with E-state index in [1.807, 2.05) is 0 Å². The fourth-order valence-corrected chi connectivity index (χ4v) is 3.27. The van der Waals surface area contributed by atoms with E-state index < -0.39 is 0 Å². The van der Waals surface area contributed by atoms with Crippen molar-refractivity contribution < 1.29 is 0 Å². The molecule has 5 heteroatoms. The molecule has 0 unspecified atom stereocenters. The normalized spacial score (nSPS) is 16.3. The first kappa shape index (κ1) is 14.9. The molecular weight excluding hydrogens is 281 g/mol. The Morgan fingerprint density at radius 2 is 2.00 bits per heavy atom. The van der Waals surface area contributed by atoms with Gasteiger partial charge in [0.25, 0.3) is 0 Å². The molecule has 1 aliphatic carbocycles. The second kappa shape index (κ2) is 6.76. The Morgan fingerprint density at radius 1 is 1.32 bits per heavy atom. The molecular formula is C14H21Cl2N3. The van der Waals surface area contributed by atoms with E-state index >= 15 is 0 Å². The van der Waals surface area contributed by atoms with Crippen LogP contribution in [0.5, 0.6) is 0 Å². The molecule has 0 bridgehead atoms. The van der Waals surface area contributed by atoms with Crippen molar-refractivity contribution in [2.75, 3.05) is 11.4 Å². The van der Waals surface area contributed by atoms with Crippen LogP contribution in [0, 0.1) is 5.92 Å². The summed E-state index contributed by atoms with van der Waals surface area (Å²) in [4.78, 5) is 10.9. The van der Waals surface area contributed by atoms with Gasteiger partial charge in [-0.1, -0.05) is 38.3 Å². The number of halogens is 2. The van der Waals surface area contributed by atoms with Gasteiger partial charge in [-0.2, -0.15) is 0 Å². The van der Waals surface area contributed by atoms with Gasteiger partial charge in [0.1, 0.15) is 17.3 Å². The van der Waals surface area contributed by atoms with E-state index in [-0.39, 0.29) is 0 Å². The van der Waals surface area contributed by atoms with E-state index in [9.17, 15) is 0 Å². The van der Waals surface area contributed by atoms with Crippen molar-refractivity contribution >= 4 is 29.0 Å². The van der Waals surface area contributed by atoms with Crippen molar-refractivity contribution in [1.82, 2.24) is 9.97 Å². The van der Waals surface area contributed by atoms with Crippen molar-refractivity contribution in [3.05, 3.63) is 17.0 Å². The summed E-state index contributed by atoms with van der Waals surface area (Å²) in [6.07, 6.45) is 6.60. The topological polar surface area (TPSA) is 29.0 Å². The minimum atomic E-state index is 0.357. The Hall–Kier alpha value is -0.540. The Bertz CT molecular complexity index is 417. The van der Waals surface area contributed by atoms with E-state index in [1.165, 1.54) is 32.0 Å². The van der Waals surface area contributed by atoms with Crippen LogP contribution < -0.4 is 4.90 Å². The summed E-state index contributed by atoms with van der Waals surface area (Å²) < 4.78 is 0. The lowest BCUT2D eigenvalue weighted by molar-refractivity contribution is 0.529. The predicted octanol–water partition coefficient (Wildman–Crippen LogP) is 4.27. The number of rotatable bonds is 5. The maximum Gasteiger partial charge on any atom is 0.138 e. The van der Waals surface area contributed by atoms with Crippen LogP contribution in [0.1, 0.15) is 45.1 Å². The molecule has 0 spiro atoms. The molecule has 1 aromatic heterocycles. The smallest absolute Gasteiger partial charge is 0.138 e. The highest BCUT2D eigenvalue weighted by Gasteiger charge is 2.26. The van der Waals surface area contributed by atoms with Crippen molar-refractivity contribution in [3.63, 3.8) is 0 Å². The van der Waals surface area contributed by atoms with Gasteiger partial charge in [0, 0.05) is 18.2 Å². The highest BCUT2D eigenvalue weighted by molar-refractivity contribution is 6.31. The molecule has 0 aromatic carbocycles. The summed E-state index contributed by atoms with van der Waals surface area (Å²) in [5.41, 5.74) is 0.860. The molecule has 0 aliphatic heterocycles. The van der Waals surface area contributed by atoms with Gasteiger partial charge < -0.3 is 4.90 Å². The first-order valence-electron chi connectivity index (χ1n) is 6.95. The molecule has 0 saturated heterocycles. The summed E-state index contributed by atoms with van der Waals surface area (Å²) in [5.74, 6) is 1.86. The largest absolute Gasteiger partial charge is 0.353 e. The second-order valence-corrected chi connectivity index (χ2v) is 6.21. The van der Waals surface area contributed by atoms with Crippen molar-refractivity contribution in [1.29, 1.82) is 0 Å². The quantitative estimate of drug-likeness (QED) is 0.600. The van der Waals surface area contributed by atoms with Gasteiger partial charge in [-0.05, 0) is 18.8 Å². The van der Waals surface area contributed by atoms with Gasteiger partial charge in [0.2, 0.25) is 0 Å². The highest BCUT2D eigenvalue weighted by Crippen LogP contribution is 2.32. The van der Waals surface area contributed by atoms with Gasteiger partial charge in [0.05, 0.1) is 5.88 Å². The Labute approximate surface area is 125 Å². The maximum absolute atomic E-state index is 6.15. The summed E-state index contributed by atoms with van der Waals surface area (Å²) in [6.45, 7) is 5.44. The molecule has 1 aliphatic rings. The SMILES string of the molecule is CC(C)CN(c1ncnc(Cl)c1CCl)C1CCCC1. The molecule has 2 rings (SSSR count). The molecule has 1 saturated carbocycles. The maximum atomic E-state index is 6.15. The third kappa shape index (κ3) is 3.51. The van der Waals surface area contributed by atoms with Crippen LogP contribution in [-0.4, -0.2) is 22.6 Å². The molecule has 3 nitrogen and oxygen atoms in total. The van der Waals surface area contributed by atoms with Crippen molar-refractivity contribution in [3.8, 4) is 0 Å².